The Morgan fingerprint density at radius 3 is 2.25 bits per heavy atom. The number of unbranched alkanes of at least 4 members (excludes halogenated alkanes) is 2. The van der Waals surface area contributed by atoms with Gasteiger partial charge in [-0.25, -0.2) is 0 Å². The molecule has 5 atom stereocenters. The molecule has 2 unspecified atom stereocenters. The van der Waals surface area contributed by atoms with Gasteiger partial charge in [-0.15, -0.1) is 13.2 Å². The molecule has 9 heteroatoms. The Labute approximate surface area is 288 Å². The van der Waals surface area contributed by atoms with Crippen LogP contribution in [-0.4, -0.2) is 88.3 Å². The molecule has 0 aliphatic carbocycles. The van der Waals surface area contributed by atoms with Gasteiger partial charge in [0, 0.05) is 37.5 Å². The number of hydrogen-bond acceptors (Lipinski definition) is 6. The van der Waals surface area contributed by atoms with Gasteiger partial charge >= 0.3 is 0 Å². The molecule has 1 N–H and O–H groups in total. The van der Waals surface area contributed by atoms with Crippen molar-refractivity contribution >= 4 is 23.4 Å². The van der Waals surface area contributed by atoms with E-state index in [-0.39, 0.29) is 36.3 Å². The number of aliphatic hydroxyl groups excluding tert-OH is 1. The summed E-state index contributed by atoms with van der Waals surface area (Å²) >= 11 is 0. The highest BCUT2D eigenvalue weighted by Crippen LogP contribution is 2.65. The molecule has 3 aliphatic heterocycles. The van der Waals surface area contributed by atoms with Crippen LogP contribution in [-0.2, 0) is 19.1 Å². The average molecular weight is 666 g/mol. The zero-order valence-corrected chi connectivity index (χ0v) is 30.4. The van der Waals surface area contributed by atoms with Gasteiger partial charge < -0.3 is 29.3 Å². The first-order chi connectivity index (χ1) is 22.7. The molecular weight excluding hydrogens is 606 g/mol. The zero-order valence-electron chi connectivity index (χ0n) is 30.4. The monoisotopic (exact) mass is 665 g/mol. The Morgan fingerprint density at radius 2 is 1.69 bits per heavy atom. The van der Waals surface area contributed by atoms with Crippen molar-refractivity contribution < 1.29 is 29.0 Å². The second kappa shape index (κ2) is 14.8. The van der Waals surface area contributed by atoms with Gasteiger partial charge in [-0.05, 0) is 95.4 Å². The number of benzene rings is 1. The lowest BCUT2D eigenvalue weighted by atomic mass is 9.64. The Morgan fingerprint density at radius 1 is 1.02 bits per heavy atom. The van der Waals surface area contributed by atoms with Crippen LogP contribution in [0.2, 0.25) is 0 Å². The summed E-state index contributed by atoms with van der Waals surface area (Å²) < 4.78 is 12.7. The molecule has 266 valence electrons. The van der Waals surface area contributed by atoms with Crippen LogP contribution < -0.4 is 9.64 Å². The summed E-state index contributed by atoms with van der Waals surface area (Å²) in [4.78, 5) is 50.1. The van der Waals surface area contributed by atoms with Crippen LogP contribution in [0.15, 0.2) is 49.6 Å². The lowest BCUT2D eigenvalue weighted by molar-refractivity contribution is -0.157. The summed E-state index contributed by atoms with van der Waals surface area (Å²) in [5.74, 6) is -1.38. The number of fused-ring (bicyclic) bond motifs is 1. The number of hydrogen-bond donors (Lipinski definition) is 1. The fourth-order valence-corrected chi connectivity index (χ4v) is 9.00. The van der Waals surface area contributed by atoms with E-state index in [0.29, 0.717) is 63.2 Å². The molecular formula is C39H59N3O6. The summed E-state index contributed by atoms with van der Waals surface area (Å²) in [6.45, 7) is 24.0. The number of nitrogens with zero attached hydrogens (tertiary/aromatic N) is 3. The average Bonchev–Trinajstić information content (AvgIpc) is 3.63. The van der Waals surface area contributed by atoms with Gasteiger partial charge in [0.1, 0.15) is 17.4 Å². The molecule has 3 heterocycles. The first-order valence-corrected chi connectivity index (χ1v) is 17.9. The minimum Gasteiger partial charge on any atom is -0.494 e. The van der Waals surface area contributed by atoms with Crippen molar-refractivity contribution in [3.63, 3.8) is 0 Å². The fourth-order valence-electron chi connectivity index (χ4n) is 9.00. The van der Waals surface area contributed by atoms with Crippen LogP contribution >= 0.6 is 0 Å². The van der Waals surface area contributed by atoms with Crippen molar-refractivity contribution in [3.8, 4) is 5.75 Å². The highest BCUT2D eigenvalue weighted by atomic mass is 16.5. The minimum atomic E-state index is -1.13. The van der Waals surface area contributed by atoms with Gasteiger partial charge in [0.25, 0.3) is 0 Å². The van der Waals surface area contributed by atoms with Gasteiger partial charge in [-0.1, -0.05) is 39.8 Å². The largest absolute Gasteiger partial charge is 0.494 e. The summed E-state index contributed by atoms with van der Waals surface area (Å²) in [7, 11) is 0. The molecule has 0 aromatic heterocycles. The van der Waals surface area contributed by atoms with Crippen LogP contribution in [0.1, 0.15) is 93.4 Å². The predicted molar refractivity (Wildman–Crippen MR) is 190 cm³/mol. The molecule has 1 aromatic carbocycles. The Kier molecular flexibility index (Phi) is 11.6. The Hall–Kier alpha value is -3.17. The summed E-state index contributed by atoms with van der Waals surface area (Å²) in [6, 6.07) is 6.53. The maximum Gasteiger partial charge on any atom is 0.249 e. The normalized spacial score (nSPS) is 26.4. The second-order valence-corrected chi connectivity index (χ2v) is 15.6. The van der Waals surface area contributed by atoms with E-state index in [2.05, 4.69) is 47.8 Å². The highest BCUT2D eigenvalue weighted by molar-refractivity contribution is 6.03. The van der Waals surface area contributed by atoms with Crippen molar-refractivity contribution in [1.29, 1.82) is 0 Å². The van der Waals surface area contributed by atoms with Gasteiger partial charge in [0.05, 0.1) is 24.0 Å². The molecule has 0 radical (unpaired) electrons. The van der Waals surface area contributed by atoms with Gasteiger partial charge in [0.15, 0.2) is 0 Å². The van der Waals surface area contributed by atoms with Crippen LogP contribution in [0, 0.1) is 17.3 Å². The van der Waals surface area contributed by atoms with Crippen LogP contribution in [0.4, 0.5) is 5.69 Å². The highest BCUT2D eigenvalue weighted by Gasteiger charge is 2.79. The maximum atomic E-state index is 15.1. The second-order valence-electron chi connectivity index (χ2n) is 15.6. The van der Waals surface area contributed by atoms with Crippen molar-refractivity contribution in [2.24, 2.45) is 17.3 Å². The number of carbonyl (C=O) groups is 3. The van der Waals surface area contributed by atoms with E-state index in [4.69, 9.17) is 9.47 Å². The lowest BCUT2D eigenvalue weighted by Gasteiger charge is -2.45. The summed E-state index contributed by atoms with van der Waals surface area (Å²) in [5, 5.41) is 9.44. The van der Waals surface area contributed by atoms with Crippen LogP contribution in [0.5, 0.6) is 5.75 Å². The topological polar surface area (TPSA) is 99.6 Å². The standard InChI is InChI=1S/C39H59N3O6/c1-10-23-40(28-17-19-29(20-18-28)47-13-4)33(44)30-31-34(45)41(25-15-14-16-26-43)32(39(31)22-21-38(30,12-3)48-39)35(46)42(24-11-2)37(8,9)27-36(5,6)7/h10-11,17-20,30-32,43H,1-2,12-16,21-27H2,3-9H3/t30-,31-,32?,38+,39?/m0/s1. The summed E-state index contributed by atoms with van der Waals surface area (Å²) in [5.41, 5.74) is -1.90. The minimum absolute atomic E-state index is 0.0545. The number of aliphatic hydroxyl groups is 1. The van der Waals surface area contributed by atoms with E-state index in [1.54, 1.807) is 22.0 Å². The molecule has 1 aromatic rings. The maximum absolute atomic E-state index is 15.1. The van der Waals surface area contributed by atoms with E-state index in [9.17, 15) is 14.7 Å². The molecule has 48 heavy (non-hydrogen) atoms. The van der Waals surface area contributed by atoms with E-state index in [1.807, 2.05) is 43.0 Å². The van der Waals surface area contributed by atoms with Gasteiger partial charge in [-0.3, -0.25) is 14.4 Å². The Balaban J connectivity index is 1.81. The first-order valence-electron chi connectivity index (χ1n) is 17.9. The zero-order chi connectivity index (χ0) is 35.5. The third-order valence-corrected chi connectivity index (χ3v) is 10.5. The van der Waals surface area contributed by atoms with Gasteiger partial charge in [-0.2, -0.15) is 0 Å². The number of amides is 3. The molecule has 0 saturated carbocycles. The van der Waals surface area contributed by atoms with E-state index in [0.717, 1.165) is 12.8 Å². The molecule has 2 bridgehead atoms. The molecule has 3 fully saturated rings. The molecule has 9 nitrogen and oxygen atoms in total. The molecule has 3 saturated heterocycles. The molecule has 4 rings (SSSR count). The van der Waals surface area contributed by atoms with Crippen LogP contribution in [0.3, 0.4) is 0 Å². The van der Waals surface area contributed by atoms with E-state index >= 15 is 4.79 Å². The van der Waals surface area contributed by atoms with Gasteiger partial charge in [0.2, 0.25) is 17.7 Å². The molecule has 3 aliphatic rings. The molecule has 3 amide bonds. The number of carbonyl (C=O) groups excluding carboxylic acids is 3. The van der Waals surface area contributed by atoms with Crippen molar-refractivity contribution in [2.75, 3.05) is 37.7 Å². The third-order valence-electron chi connectivity index (χ3n) is 10.5. The lowest BCUT2D eigenvalue weighted by Crippen LogP contribution is -2.61. The molecule has 1 spiro atoms. The SMILES string of the molecule is C=CCN(C(=O)[C@@H]1[C@H]2C(=O)N(CCCCCO)C(C(=O)N(CC=C)C(C)(C)CC(C)(C)C)C23CC[C@@]1(CC)O3)c1ccc(OCC)cc1. The summed E-state index contributed by atoms with van der Waals surface area (Å²) in [6.07, 6.45) is 7.81. The van der Waals surface area contributed by atoms with E-state index in [1.165, 1.54) is 0 Å². The quantitative estimate of drug-likeness (QED) is 0.158. The van der Waals surface area contributed by atoms with E-state index < -0.39 is 34.6 Å². The predicted octanol–water partition coefficient (Wildman–Crippen LogP) is 6.15. The Bertz CT molecular complexity index is 1340. The van der Waals surface area contributed by atoms with Crippen molar-refractivity contribution in [2.45, 2.75) is 116 Å². The smallest absolute Gasteiger partial charge is 0.249 e. The third kappa shape index (κ3) is 6.95. The fraction of sp³-hybridized carbons (Fsp3) is 0.667. The van der Waals surface area contributed by atoms with Crippen LogP contribution in [0.25, 0.3) is 0 Å². The number of rotatable bonds is 17. The van der Waals surface area contributed by atoms with Crippen molar-refractivity contribution in [1.82, 2.24) is 9.80 Å². The number of likely N-dealkylation sites (tertiary alicyclic amines) is 1. The number of ether oxygens (including phenoxy) is 2. The number of anilines is 1. The van der Waals surface area contributed by atoms with Crippen molar-refractivity contribution in [3.05, 3.63) is 49.6 Å². The first kappa shape index (κ1) is 37.6.